The van der Waals surface area contributed by atoms with Crippen molar-refractivity contribution in [2.45, 2.75) is 37.5 Å². The van der Waals surface area contributed by atoms with Crippen LogP contribution in [0.15, 0.2) is 41.8 Å². The first-order valence-corrected chi connectivity index (χ1v) is 9.75. The minimum atomic E-state index is -1.08. The minimum Gasteiger partial charge on any atom is -0.293 e. The third-order valence-corrected chi connectivity index (χ3v) is 5.41. The van der Waals surface area contributed by atoms with E-state index in [2.05, 4.69) is 45.4 Å². The second kappa shape index (κ2) is 7.84. The van der Waals surface area contributed by atoms with Crippen LogP contribution >= 0.6 is 0 Å². The number of rotatable bonds is 6. The molecule has 0 unspecified atom stereocenters. The van der Waals surface area contributed by atoms with Gasteiger partial charge in [0.05, 0.1) is 17.5 Å². The maximum Gasteiger partial charge on any atom is 0.222 e. The summed E-state index contributed by atoms with van der Waals surface area (Å²) in [5.74, 6) is 0.812. The molecule has 0 bridgehead atoms. The first kappa shape index (κ1) is 16.3. The molecule has 2 heterocycles. The van der Waals surface area contributed by atoms with Crippen LogP contribution in [0.1, 0.15) is 24.8 Å². The maximum absolute atomic E-state index is 11.6. The molecule has 0 spiro atoms. The first-order valence-electron chi connectivity index (χ1n) is 8.20. The second-order valence-corrected chi connectivity index (χ2v) is 7.54. The summed E-state index contributed by atoms with van der Waals surface area (Å²) in [6.07, 6.45) is 8.25. The van der Waals surface area contributed by atoms with E-state index in [1.165, 1.54) is 31.2 Å². The van der Waals surface area contributed by atoms with Crippen LogP contribution in [0.4, 0.5) is 0 Å². The molecule has 2 aromatic rings. The van der Waals surface area contributed by atoms with Crippen molar-refractivity contribution in [1.29, 1.82) is 0 Å². The Kier molecular flexibility index (Phi) is 5.56. The standard InChI is InChI=1S/C17H24N4OS/c1-23(22)17-19-18-13-21(17)14-20-11-9-16(10-12-20)8-7-15-5-3-2-4-6-15/h2-6,13,16H,7-12,14H2,1H3/t23-/m1/s1. The number of aryl methyl sites for hydroxylation is 1. The molecule has 1 aliphatic rings. The van der Waals surface area contributed by atoms with Gasteiger partial charge in [0, 0.05) is 19.3 Å². The van der Waals surface area contributed by atoms with Crippen LogP contribution in [0, 0.1) is 5.92 Å². The fraction of sp³-hybridized carbons (Fsp3) is 0.529. The van der Waals surface area contributed by atoms with Crippen LogP contribution < -0.4 is 0 Å². The zero-order valence-electron chi connectivity index (χ0n) is 13.6. The second-order valence-electron chi connectivity index (χ2n) is 6.26. The van der Waals surface area contributed by atoms with Gasteiger partial charge in [-0.05, 0) is 37.2 Å². The monoisotopic (exact) mass is 332 g/mol. The lowest BCUT2D eigenvalue weighted by Crippen LogP contribution is -2.35. The highest BCUT2D eigenvalue weighted by Gasteiger charge is 2.20. The largest absolute Gasteiger partial charge is 0.293 e. The van der Waals surface area contributed by atoms with E-state index >= 15 is 0 Å². The molecule has 0 amide bonds. The molecule has 1 aliphatic heterocycles. The lowest BCUT2D eigenvalue weighted by Gasteiger charge is -2.32. The highest BCUT2D eigenvalue weighted by atomic mass is 32.2. The summed E-state index contributed by atoms with van der Waals surface area (Å²) in [5, 5.41) is 8.39. The van der Waals surface area contributed by atoms with Gasteiger partial charge in [0.15, 0.2) is 0 Å². The van der Waals surface area contributed by atoms with Gasteiger partial charge in [-0.3, -0.25) is 13.7 Å². The molecule has 1 saturated heterocycles. The van der Waals surface area contributed by atoms with Gasteiger partial charge in [-0.15, -0.1) is 10.2 Å². The predicted molar refractivity (Wildman–Crippen MR) is 91.4 cm³/mol. The number of likely N-dealkylation sites (tertiary alicyclic amines) is 1. The van der Waals surface area contributed by atoms with Crippen LogP contribution in [0.5, 0.6) is 0 Å². The Balaban J connectivity index is 1.45. The van der Waals surface area contributed by atoms with Crippen molar-refractivity contribution >= 4 is 10.8 Å². The fourth-order valence-electron chi connectivity index (χ4n) is 3.21. The van der Waals surface area contributed by atoms with Crippen molar-refractivity contribution in [2.24, 2.45) is 5.92 Å². The van der Waals surface area contributed by atoms with Gasteiger partial charge >= 0.3 is 0 Å². The molecule has 23 heavy (non-hydrogen) atoms. The molecule has 3 rings (SSSR count). The SMILES string of the molecule is C[S@@](=O)c1nncn1CN1CCC(CCc2ccccc2)CC1. The van der Waals surface area contributed by atoms with Crippen LogP contribution in [0.25, 0.3) is 0 Å². The molecule has 5 nitrogen and oxygen atoms in total. The summed E-state index contributed by atoms with van der Waals surface area (Å²) in [4.78, 5) is 2.40. The van der Waals surface area contributed by atoms with Gasteiger partial charge in [-0.25, -0.2) is 0 Å². The van der Waals surface area contributed by atoms with Crippen LogP contribution in [0.3, 0.4) is 0 Å². The van der Waals surface area contributed by atoms with Crippen molar-refractivity contribution in [3.63, 3.8) is 0 Å². The minimum absolute atomic E-state index is 0.566. The van der Waals surface area contributed by atoms with Gasteiger partial charge in [0.1, 0.15) is 6.33 Å². The zero-order chi connectivity index (χ0) is 16.1. The molecule has 1 aromatic carbocycles. The maximum atomic E-state index is 11.6. The third-order valence-electron chi connectivity index (χ3n) is 4.58. The molecular weight excluding hydrogens is 308 g/mol. The molecule has 0 aliphatic carbocycles. The highest BCUT2D eigenvalue weighted by molar-refractivity contribution is 7.84. The van der Waals surface area contributed by atoms with E-state index in [0.29, 0.717) is 5.16 Å². The summed E-state index contributed by atoms with van der Waals surface area (Å²) in [6.45, 7) is 2.92. The van der Waals surface area contributed by atoms with Crippen molar-refractivity contribution in [2.75, 3.05) is 19.3 Å². The quantitative estimate of drug-likeness (QED) is 0.814. The van der Waals surface area contributed by atoms with Gasteiger partial charge in [-0.1, -0.05) is 30.3 Å². The average molecular weight is 332 g/mol. The summed E-state index contributed by atoms with van der Waals surface area (Å²) < 4.78 is 13.5. The third kappa shape index (κ3) is 4.48. The van der Waals surface area contributed by atoms with E-state index in [-0.39, 0.29) is 0 Å². The molecule has 1 atom stereocenters. The fourth-order valence-corrected chi connectivity index (χ4v) is 3.81. The average Bonchev–Trinajstić information content (AvgIpc) is 3.04. The summed E-state index contributed by atoms with van der Waals surface area (Å²) in [7, 11) is -1.08. The number of hydrogen-bond donors (Lipinski definition) is 0. The Bertz CT molecular complexity index is 635. The van der Waals surface area contributed by atoms with Crippen molar-refractivity contribution < 1.29 is 4.21 Å². The topological polar surface area (TPSA) is 51.0 Å². The van der Waals surface area contributed by atoms with E-state index in [1.54, 1.807) is 12.6 Å². The van der Waals surface area contributed by atoms with Crippen LogP contribution in [-0.4, -0.2) is 43.2 Å². The summed E-state index contributed by atoms with van der Waals surface area (Å²) >= 11 is 0. The normalized spacial score (nSPS) is 18.1. The van der Waals surface area contributed by atoms with Crippen molar-refractivity contribution in [1.82, 2.24) is 19.7 Å². The van der Waals surface area contributed by atoms with Gasteiger partial charge in [0.25, 0.3) is 0 Å². The number of piperidine rings is 1. The molecule has 1 fully saturated rings. The number of nitrogens with zero attached hydrogens (tertiary/aromatic N) is 4. The van der Waals surface area contributed by atoms with Gasteiger partial charge in [-0.2, -0.15) is 0 Å². The predicted octanol–water partition coefficient (Wildman–Crippen LogP) is 2.32. The van der Waals surface area contributed by atoms with E-state index in [4.69, 9.17) is 0 Å². The molecule has 1 aromatic heterocycles. The van der Waals surface area contributed by atoms with E-state index in [9.17, 15) is 4.21 Å². The van der Waals surface area contributed by atoms with E-state index in [0.717, 1.165) is 25.7 Å². The Morgan fingerprint density at radius 2 is 1.96 bits per heavy atom. The first-order chi connectivity index (χ1) is 11.2. The molecule has 0 saturated carbocycles. The zero-order valence-corrected chi connectivity index (χ0v) is 14.4. The molecule has 0 radical (unpaired) electrons. The summed E-state index contributed by atoms with van der Waals surface area (Å²) in [6, 6.07) is 10.7. The molecule has 6 heteroatoms. The van der Waals surface area contributed by atoms with Crippen LogP contribution in [-0.2, 0) is 23.9 Å². The Labute approximate surface area is 140 Å². The molecule has 124 valence electrons. The van der Waals surface area contributed by atoms with Gasteiger partial charge < -0.3 is 0 Å². The lowest BCUT2D eigenvalue weighted by molar-refractivity contribution is 0.139. The molecular formula is C17H24N4OS. The Morgan fingerprint density at radius 1 is 1.22 bits per heavy atom. The van der Waals surface area contributed by atoms with Crippen molar-refractivity contribution in [3.8, 4) is 0 Å². The number of aromatic nitrogens is 3. The lowest BCUT2D eigenvalue weighted by atomic mass is 9.91. The molecule has 0 N–H and O–H groups in total. The van der Waals surface area contributed by atoms with Gasteiger partial charge in [0.2, 0.25) is 5.16 Å². The Morgan fingerprint density at radius 3 is 2.65 bits per heavy atom. The highest BCUT2D eigenvalue weighted by Crippen LogP contribution is 2.23. The number of benzene rings is 1. The van der Waals surface area contributed by atoms with E-state index < -0.39 is 10.8 Å². The smallest absolute Gasteiger partial charge is 0.222 e. The number of hydrogen-bond acceptors (Lipinski definition) is 4. The van der Waals surface area contributed by atoms with Crippen LogP contribution in [0.2, 0.25) is 0 Å². The van der Waals surface area contributed by atoms with E-state index in [1.807, 2.05) is 4.57 Å². The Hall–Kier alpha value is -1.53. The summed E-state index contributed by atoms with van der Waals surface area (Å²) in [5.41, 5.74) is 1.44. The van der Waals surface area contributed by atoms with Crippen molar-refractivity contribution in [3.05, 3.63) is 42.2 Å².